The van der Waals surface area contributed by atoms with Crippen LogP contribution in [0.2, 0.25) is 0 Å². The van der Waals surface area contributed by atoms with Gasteiger partial charge in [0.1, 0.15) is 0 Å². The molecule has 2 heterocycles. The molecular weight excluding hydrogens is 344 g/mol. The molecule has 2 aromatic carbocycles. The van der Waals surface area contributed by atoms with Crippen molar-refractivity contribution in [1.29, 1.82) is 0 Å². The van der Waals surface area contributed by atoms with Crippen LogP contribution in [-0.4, -0.2) is 42.2 Å². The monoisotopic (exact) mass is 364 g/mol. The SMILES string of the molecule is Cc1ccc(N2CCOCC2)cc1NC(=O)c1ccc2c(=O)[nH]cnc2c1. The Kier molecular flexibility index (Phi) is 4.60. The molecule has 1 aliphatic heterocycles. The Morgan fingerprint density at radius 3 is 2.81 bits per heavy atom. The van der Waals surface area contributed by atoms with E-state index in [4.69, 9.17) is 4.74 Å². The number of benzene rings is 2. The summed E-state index contributed by atoms with van der Waals surface area (Å²) in [6, 6.07) is 10.9. The highest BCUT2D eigenvalue weighted by molar-refractivity contribution is 6.06. The maximum absolute atomic E-state index is 12.7. The molecular formula is C20H20N4O3. The van der Waals surface area contributed by atoms with Crippen LogP contribution in [0, 0.1) is 6.92 Å². The molecule has 138 valence electrons. The number of aryl methyl sites for hydroxylation is 1. The van der Waals surface area contributed by atoms with Gasteiger partial charge in [-0.3, -0.25) is 9.59 Å². The summed E-state index contributed by atoms with van der Waals surface area (Å²) < 4.78 is 5.40. The predicted octanol–water partition coefficient (Wildman–Crippen LogP) is 2.32. The van der Waals surface area contributed by atoms with Gasteiger partial charge in [-0.15, -0.1) is 0 Å². The molecule has 4 rings (SSSR count). The van der Waals surface area contributed by atoms with E-state index in [0.717, 1.165) is 30.0 Å². The third-order valence-electron chi connectivity index (χ3n) is 4.75. The Hall–Kier alpha value is -3.19. The number of H-pyrrole nitrogens is 1. The molecule has 1 saturated heterocycles. The lowest BCUT2D eigenvalue weighted by atomic mass is 10.1. The van der Waals surface area contributed by atoms with Crippen molar-refractivity contribution in [3.63, 3.8) is 0 Å². The number of anilines is 2. The van der Waals surface area contributed by atoms with Crippen LogP contribution in [0.1, 0.15) is 15.9 Å². The van der Waals surface area contributed by atoms with Crippen molar-refractivity contribution in [3.8, 4) is 0 Å². The molecule has 0 bridgehead atoms. The largest absolute Gasteiger partial charge is 0.378 e. The number of carbonyl (C=O) groups excluding carboxylic acids is 1. The number of aromatic amines is 1. The van der Waals surface area contributed by atoms with Gasteiger partial charge in [0.05, 0.1) is 30.4 Å². The van der Waals surface area contributed by atoms with Crippen molar-refractivity contribution < 1.29 is 9.53 Å². The fraction of sp³-hybridized carbons (Fsp3) is 0.250. The van der Waals surface area contributed by atoms with Gasteiger partial charge in [-0.1, -0.05) is 6.07 Å². The topological polar surface area (TPSA) is 87.3 Å². The van der Waals surface area contributed by atoms with Crippen molar-refractivity contribution in [2.45, 2.75) is 6.92 Å². The quantitative estimate of drug-likeness (QED) is 0.745. The van der Waals surface area contributed by atoms with E-state index in [-0.39, 0.29) is 11.5 Å². The number of rotatable bonds is 3. The van der Waals surface area contributed by atoms with Crippen LogP contribution in [0.25, 0.3) is 10.9 Å². The van der Waals surface area contributed by atoms with Crippen LogP contribution in [0.4, 0.5) is 11.4 Å². The van der Waals surface area contributed by atoms with E-state index >= 15 is 0 Å². The highest BCUT2D eigenvalue weighted by atomic mass is 16.5. The second kappa shape index (κ2) is 7.20. The molecule has 0 atom stereocenters. The molecule has 0 spiro atoms. The minimum Gasteiger partial charge on any atom is -0.378 e. The van der Waals surface area contributed by atoms with Gasteiger partial charge in [0.15, 0.2) is 0 Å². The van der Waals surface area contributed by atoms with Gasteiger partial charge >= 0.3 is 0 Å². The zero-order valence-electron chi connectivity index (χ0n) is 15.0. The smallest absolute Gasteiger partial charge is 0.258 e. The van der Waals surface area contributed by atoms with Gasteiger partial charge in [-0.25, -0.2) is 4.98 Å². The second-order valence-electron chi connectivity index (χ2n) is 6.52. The molecule has 0 unspecified atom stereocenters. The Balaban J connectivity index is 1.59. The Morgan fingerprint density at radius 2 is 2.00 bits per heavy atom. The normalized spacial score (nSPS) is 14.3. The van der Waals surface area contributed by atoms with Gasteiger partial charge in [0, 0.05) is 30.0 Å². The number of nitrogens with one attached hydrogen (secondary N) is 2. The number of hydrogen-bond acceptors (Lipinski definition) is 5. The Labute approximate surface area is 156 Å². The Morgan fingerprint density at radius 1 is 1.19 bits per heavy atom. The fourth-order valence-electron chi connectivity index (χ4n) is 3.17. The van der Waals surface area contributed by atoms with Gasteiger partial charge in [0.2, 0.25) is 0 Å². The number of fused-ring (bicyclic) bond motifs is 1. The maximum Gasteiger partial charge on any atom is 0.258 e. The second-order valence-corrected chi connectivity index (χ2v) is 6.52. The number of carbonyl (C=O) groups is 1. The molecule has 2 N–H and O–H groups in total. The van der Waals surface area contributed by atoms with Crippen LogP contribution in [0.3, 0.4) is 0 Å². The third-order valence-corrected chi connectivity index (χ3v) is 4.75. The fourth-order valence-corrected chi connectivity index (χ4v) is 3.17. The minimum atomic E-state index is -0.235. The lowest BCUT2D eigenvalue weighted by molar-refractivity contribution is 0.102. The van der Waals surface area contributed by atoms with Gasteiger partial charge in [-0.05, 0) is 42.8 Å². The van der Waals surface area contributed by atoms with E-state index in [1.807, 2.05) is 19.1 Å². The number of hydrogen-bond donors (Lipinski definition) is 2. The van der Waals surface area contributed by atoms with Crippen LogP contribution < -0.4 is 15.8 Å². The first-order chi connectivity index (χ1) is 13.1. The van der Waals surface area contributed by atoms with Gasteiger partial charge in [-0.2, -0.15) is 0 Å². The molecule has 1 fully saturated rings. The summed E-state index contributed by atoms with van der Waals surface area (Å²) in [5.74, 6) is -0.235. The van der Waals surface area contributed by atoms with Gasteiger partial charge in [0.25, 0.3) is 11.5 Å². The number of ether oxygens (including phenoxy) is 1. The first-order valence-corrected chi connectivity index (χ1v) is 8.84. The first kappa shape index (κ1) is 17.2. The number of amides is 1. The molecule has 3 aromatic rings. The molecule has 1 amide bonds. The van der Waals surface area contributed by atoms with Crippen molar-refractivity contribution in [1.82, 2.24) is 9.97 Å². The highest BCUT2D eigenvalue weighted by Gasteiger charge is 2.14. The molecule has 7 heteroatoms. The summed E-state index contributed by atoms with van der Waals surface area (Å²) in [5.41, 5.74) is 3.53. The van der Waals surface area contributed by atoms with Crippen LogP contribution >= 0.6 is 0 Å². The molecule has 27 heavy (non-hydrogen) atoms. The first-order valence-electron chi connectivity index (χ1n) is 8.84. The Bertz CT molecular complexity index is 1050. The summed E-state index contributed by atoms with van der Waals surface area (Å²) in [4.78, 5) is 33.4. The van der Waals surface area contributed by atoms with E-state index in [1.54, 1.807) is 18.2 Å². The lowest BCUT2D eigenvalue weighted by Gasteiger charge is -2.29. The molecule has 1 aromatic heterocycles. The van der Waals surface area contributed by atoms with Crippen molar-refractivity contribution in [2.75, 3.05) is 36.5 Å². The standard InChI is InChI=1S/C20H20N4O3/c1-13-2-4-15(24-6-8-27-9-7-24)11-17(13)23-19(25)14-3-5-16-18(10-14)21-12-22-20(16)26/h2-5,10-12H,6-9H2,1H3,(H,23,25)(H,21,22,26). The lowest BCUT2D eigenvalue weighted by Crippen LogP contribution is -2.36. The van der Waals surface area contributed by atoms with Crippen LogP contribution in [0.15, 0.2) is 47.5 Å². The van der Waals surface area contributed by atoms with E-state index in [0.29, 0.717) is 29.7 Å². The zero-order valence-corrected chi connectivity index (χ0v) is 15.0. The third kappa shape index (κ3) is 3.54. The van der Waals surface area contributed by atoms with Gasteiger partial charge < -0.3 is 19.9 Å². The molecule has 1 aliphatic rings. The van der Waals surface area contributed by atoms with Crippen molar-refractivity contribution in [3.05, 3.63) is 64.2 Å². The molecule has 0 saturated carbocycles. The summed E-state index contributed by atoms with van der Waals surface area (Å²) >= 11 is 0. The van der Waals surface area contributed by atoms with Crippen molar-refractivity contribution in [2.24, 2.45) is 0 Å². The van der Waals surface area contributed by atoms with E-state index in [2.05, 4.69) is 26.3 Å². The number of morpholine rings is 1. The van der Waals surface area contributed by atoms with Crippen LogP contribution in [-0.2, 0) is 4.74 Å². The predicted molar refractivity (Wildman–Crippen MR) is 105 cm³/mol. The van der Waals surface area contributed by atoms with Crippen LogP contribution in [0.5, 0.6) is 0 Å². The maximum atomic E-state index is 12.7. The van der Waals surface area contributed by atoms with E-state index in [1.165, 1.54) is 6.33 Å². The average molecular weight is 364 g/mol. The number of nitrogens with zero attached hydrogens (tertiary/aromatic N) is 2. The summed E-state index contributed by atoms with van der Waals surface area (Å²) in [5, 5.41) is 3.43. The highest BCUT2D eigenvalue weighted by Crippen LogP contribution is 2.25. The molecule has 7 nitrogen and oxygen atoms in total. The molecule has 0 radical (unpaired) electrons. The summed E-state index contributed by atoms with van der Waals surface area (Å²) in [6.45, 7) is 5.04. The average Bonchev–Trinajstić information content (AvgIpc) is 2.70. The van der Waals surface area contributed by atoms with E-state index in [9.17, 15) is 9.59 Å². The summed E-state index contributed by atoms with van der Waals surface area (Å²) in [6.07, 6.45) is 1.34. The van der Waals surface area contributed by atoms with E-state index < -0.39 is 0 Å². The summed E-state index contributed by atoms with van der Waals surface area (Å²) in [7, 11) is 0. The molecule has 0 aliphatic carbocycles. The number of aromatic nitrogens is 2. The minimum absolute atomic E-state index is 0.221. The zero-order chi connectivity index (χ0) is 18.8. The van der Waals surface area contributed by atoms with Crippen molar-refractivity contribution >= 4 is 28.2 Å².